The summed E-state index contributed by atoms with van der Waals surface area (Å²) in [6.45, 7) is 0.0553. The summed E-state index contributed by atoms with van der Waals surface area (Å²) in [5.74, 6) is -0.963. The second-order valence-corrected chi connectivity index (χ2v) is 9.07. The van der Waals surface area contributed by atoms with Crippen LogP contribution in [-0.4, -0.2) is 30.8 Å². The van der Waals surface area contributed by atoms with Gasteiger partial charge in [-0.15, -0.1) is 0 Å². The molecule has 3 aromatic carbocycles. The monoisotopic (exact) mass is 403 g/mol. The van der Waals surface area contributed by atoms with Crippen LogP contribution >= 0.6 is 0 Å². The van der Waals surface area contributed by atoms with Gasteiger partial charge < -0.3 is 0 Å². The lowest BCUT2D eigenvalue weighted by molar-refractivity contribution is 0.0624. The van der Waals surface area contributed by atoms with Crippen molar-refractivity contribution in [2.24, 2.45) is 0 Å². The second kappa shape index (κ2) is 6.20. The van der Waals surface area contributed by atoms with E-state index in [1.54, 1.807) is 54.6 Å². The fourth-order valence-corrected chi connectivity index (χ4v) is 6.19. The van der Waals surface area contributed by atoms with Crippen molar-refractivity contribution in [2.45, 2.75) is 16.9 Å². The van der Waals surface area contributed by atoms with Gasteiger partial charge in [0, 0.05) is 17.7 Å². The summed E-state index contributed by atoms with van der Waals surface area (Å²) in [5.41, 5.74) is -0.0869. The Labute approximate surface area is 168 Å². The summed E-state index contributed by atoms with van der Waals surface area (Å²) in [6, 6.07) is 21.6. The Balaban J connectivity index is 1.83. The Kier molecular flexibility index (Phi) is 3.84. The molecule has 0 N–H and O–H groups in total. The standard InChI is InChI=1S/C23H17NO4S/c25-21-18-11-5-6-12-19(18)22(26)23(21)20-13-7-4-8-16(20)14-15-24(23)29(27,28)17-9-2-1-3-10-17/h1-13H,14-15H2. The fraction of sp³-hybridized carbons (Fsp3) is 0.130. The molecule has 0 radical (unpaired) electrons. The van der Waals surface area contributed by atoms with E-state index < -0.39 is 27.1 Å². The molecule has 0 atom stereocenters. The van der Waals surface area contributed by atoms with E-state index in [-0.39, 0.29) is 22.6 Å². The van der Waals surface area contributed by atoms with E-state index in [1.807, 2.05) is 12.1 Å². The summed E-state index contributed by atoms with van der Waals surface area (Å²) in [6.07, 6.45) is 0.431. The molecule has 0 amide bonds. The molecule has 2 aliphatic rings. The molecule has 6 heteroatoms. The quantitative estimate of drug-likeness (QED) is 0.616. The third kappa shape index (κ3) is 2.27. The van der Waals surface area contributed by atoms with Gasteiger partial charge in [0.15, 0.2) is 17.1 Å². The number of benzene rings is 3. The van der Waals surface area contributed by atoms with Crippen molar-refractivity contribution in [1.29, 1.82) is 0 Å². The van der Waals surface area contributed by atoms with Crippen LogP contribution in [0, 0.1) is 0 Å². The molecule has 0 saturated heterocycles. The molecule has 1 heterocycles. The average molecular weight is 403 g/mol. The van der Waals surface area contributed by atoms with Crippen LogP contribution in [0.3, 0.4) is 0 Å². The predicted molar refractivity (Wildman–Crippen MR) is 107 cm³/mol. The zero-order valence-corrected chi connectivity index (χ0v) is 16.2. The molecule has 29 heavy (non-hydrogen) atoms. The number of hydrogen-bond donors (Lipinski definition) is 0. The van der Waals surface area contributed by atoms with Gasteiger partial charge >= 0.3 is 0 Å². The highest BCUT2D eigenvalue weighted by Crippen LogP contribution is 2.48. The Hall–Kier alpha value is -3.09. The van der Waals surface area contributed by atoms with Gasteiger partial charge in [0.25, 0.3) is 0 Å². The van der Waals surface area contributed by atoms with Crippen molar-refractivity contribution >= 4 is 21.6 Å². The average Bonchev–Trinajstić information content (AvgIpc) is 2.98. The lowest BCUT2D eigenvalue weighted by Crippen LogP contribution is -2.59. The zero-order valence-electron chi connectivity index (χ0n) is 15.4. The topological polar surface area (TPSA) is 71.5 Å². The highest BCUT2D eigenvalue weighted by atomic mass is 32.2. The number of nitrogens with zero attached hydrogens (tertiary/aromatic N) is 1. The molecule has 0 saturated carbocycles. The second-order valence-electron chi connectivity index (χ2n) is 7.21. The van der Waals surface area contributed by atoms with E-state index in [9.17, 15) is 18.0 Å². The molecular weight excluding hydrogens is 386 g/mol. The van der Waals surface area contributed by atoms with Crippen LogP contribution in [0.25, 0.3) is 0 Å². The van der Waals surface area contributed by atoms with Crippen LogP contribution in [0.15, 0.2) is 83.8 Å². The van der Waals surface area contributed by atoms with E-state index in [0.29, 0.717) is 12.0 Å². The van der Waals surface area contributed by atoms with Gasteiger partial charge in [-0.05, 0) is 29.7 Å². The molecule has 0 bridgehead atoms. The Morgan fingerprint density at radius 2 is 1.28 bits per heavy atom. The van der Waals surface area contributed by atoms with Gasteiger partial charge in [-0.25, -0.2) is 8.42 Å². The summed E-state index contributed by atoms with van der Waals surface area (Å²) < 4.78 is 28.4. The molecular formula is C23H17NO4S. The largest absolute Gasteiger partial charge is 0.291 e. The first kappa shape index (κ1) is 18.0. The first-order valence-electron chi connectivity index (χ1n) is 9.34. The molecule has 1 aliphatic heterocycles. The molecule has 3 aromatic rings. The van der Waals surface area contributed by atoms with Gasteiger partial charge in [0.1, 0.15) is 0 Å². The third-order valence-electron chi connectivity index (χ3n) is 5.77. The Morgan fingerprint density at radius 1 is 0.724 bits per heavy atom. The van der Waals surface area contributed by atoms with E-state index >= 15 is 0 Å². The molecule has 0 aromatic heterocycles. The molecule has 0 unspecified atom stereocenters. The van der Waals surface area contributed by atoms with Crippen molar-refractivity contribution in [2.75, 3.05) is 6.54 Å². The maximum Gasteiger partial charge on any atom is 0.244 e. The first-order chi connectivity index (χ1) is 14.0. The number of Topliss-reactive ketones (excluding diaryl/α,β-unsaturated/α-hetero) is 2. The summed E-state index contributed by atoms with van der Waals surface area (Å²) in [5, 5.41) is 0. The molecule has 1 spiro atoms. The number of rotatable bonds is 2. The van der Waals surface area contributed by atoms with Crippen LogP contribution in [-0.2, 0) is 22.0 Å². The lowest BCUT2D eigenvalue weighted by Gasteiger charge is -2.42. The number of carbonyl (C=O) groups is 2. The van der Waals surface area contributed by atoms with E-state index in [2.05, 4.69) is 0 Å². The molecule has 1 aliphatic carbocycles. The van der Waals surface area contributed by atoms with Gasteiger partial charge in [0.2, 0.25) is 10.0 Å². The summed E-state index contributed by atoms with van der Waals surface area (Å²) in [4.78, 5) is 27.5. The smallest absolute Gasteiger partial charge is 0.244 e. The number of fused-ring (bicyclic) bond motifs is 3. The number of hydrogen-bond acceptors (Lipinski definition) is 4. The molecule has 5 rings (SSSR count). The van der Waals surface area contributed by atoms with Crippen molar-refractivity contribution in [1.82, 2.24) is 4.31 Å². The lowest BCUT2D eigenvalue weighted by atomic mass is 9.78. The maximum atomic E-state index is 13.7. The van der Waals surface area contributed by atoms with Crippen LogP contribution in [0.4, 0.5) is 0 Å². The number of ketones is 2. The van der Waals surface area contributed by atoms with E-state index in [1.165, 1.54) is 12.1 Å². The van der Waals surface area contributed by atoms with Crippen molar-refractivity contribution < 1.29 is 18.0 Å². The van der Waals surface area contributed by atoms with Crippen molar-refractivity contribution in [3.8, 4) is 0 Å². The molecule has 5 nitrogen and oxygen atoms in total. The number of sulfonamides is 1. The highest BCUT2D eigenvalue weighted by molar-refractivity contribution is 7.89. The fourth-order valence-electron chi connectivity index (χ4n) is 4.48. The zero-order chi connectivity index (χ0) is 20.2. The normalized spacial score (nSPS) is 17.9. The van der Waals surface area contributed by atoms with Crippen LogP contribution in [0.1, 0.15) is 31.8 Å². The minimum absolute atomic E-state index is 0.0553. The predicted octanol–water partition coefficient (Wildman–Crippen LogP) is 3.21. The SMILES string of the molecule is O=C1c2ccccc2C(=O)C12c1ccccc1CCN2S(=O)(=O)c1ccccc1. The minimum Gasteiger partial charge on any atom is -0.291 e. The summed E-state index contributed by atoms with van der Waals surface area (Å²) in [7, 11) is -4.09. The van der Waals surface area contributed by atoms with E-state index in [0.717, 1.165) is 9.87 Å². The van der Waals surface area contributed by atoms with Gasteiger partial charge in [-0.2, -0.15) is 4.31 Å². The third-order valence-corrected chi connectivity index (χ3v) is 7.67. The van der Waals surface area contributed by atoms with Crippen LogP contribution in [0.2, 0.25) is 0 Å². The molecule has 144 valence electrons. The van der Waals surface area contributed by atoms with Gasteiger partial charge in [-0.3, -0.25) is 9.59 Å². The maximum absolute atomic E-state index is 13.7. The van der Waals surface area contributed by atoms with Crippen molar-refractivity contribution in [3.05, 3.63) is 101 Å². The molecule has 0 fully saturated rings. The van der Waals surface area contributed by atoms with Gasteiger partial charge in [0.05, 0.1) is 4.90 Å². The van der Waals surface area contributed by atoms with Crippen LogP contribution in [0.5, 0.6) is 0 Å². The first-order valence-corrected chi connectivity index (χ1v) is 10.8. The van der Waals surface area contributed by atoms with Gasteiger partial charge in [-0.1, -0.05) is 66.7 Å². The Bertz CT molecular complexity index is 1230. The Morgan fingerprint density at radius 3 is 1.93 bits per heavy atom. The highest BCUT2D eigenvalue weighted by Gasteiger charge is 2.63. The summed E-state index contributed by atoms with van der Waals surface area (Å²) >= 11 is 0. The van der Waals surface area contributed by atoms with Crippen molar-refractivity contribution in [3.63, 3.8) is 0 Å². The minimum atomic E-state index is -4.09. The number of carbonyl (C=O) groups excluding carboxylic acids is 2. The van der Waals surface area contributed by atoms with Crippen LogP contribution < -0.4 is 0 Å². The van der Waals surface area contributed by atoms with E-state index in [4.69, 9.17) is 0 Å².